The van der Waals surface area contributed by atoms with Crippen LogP contribution in [-0.4, -0.2) is 62.2 Å². The lowest BCUT2D eigenvalue weighted by Crippen LogP contribution is -2.37. The Morgan fingerprint density at radius 2 is 1.47 bits per heavy atom. The largest absolute Gasteiger partial charge is 0.317 e. The zero-order chi connectivity index (χ0) is 12.9. The normalized spacial score (nSPS) is 31.9. The Hall–Kier alpha value is -0.120. The monoisotopic (exact) mass is 265 g/mol. The van der Waals surface area contributed by atoms with E-state index in [1.54, 1.807) is 0 Å². The molecular formula is C16H31N3. The molecule has 0 aromatic heterocycles. The summed E-state index contributed by atoms with van der Waals surface area (Å²) in [6, 6.07) is 0. The molecule has 3 aliphatic heterocycles. The van der Waals surface area contributed by atoms with E-state index < -0.39 is 0 Å². The minimum Gasteiger partial charge on any atom is -0.317 e. The van der Waals surface area contributed by atoms with Crippen molar-refractivity contribution in [2.24, 2.45) is 11.8 Å². The van der Waals surface area contributed by atoms with Gasteiger partial charge in [0, 0.05) is 19.6 Å². The van der Waals surface area contributed by atoms with Gasteiger partial charge in [-0.25, -0.2) is 0 Å². The Morgan fingerprint density at radius 3 is 2.26 bits per heavy atom. The van der Waals surface area contributed by atoms with Gasteiger partial charge in [0.25, 0.3) is 0 Å². The quantitative estimate of drug-likeness (QED) is 0.836. The molecule has 3 aliphatic rings. The standard InChI is InChI=1S/C16H31N3/c1-2-9-18(10-3-1)13-16-6-11-19(14-16)12-15-4-7-17-8-5-15/h15-17H,1-14H2. The summed E-state index contributed by atoms with van der Waals surface area (Å²) in [5, 5.41) is 3.48. The Balaban J connectivity index is 1.37. The third-order valence-corrected chi connectivity index (χ3v) is 5.31. The van der Waals surface area contributed by atoms with Crippen molar-refractivity contribution in [1.29, 1.82) is 0 Å². The zero-order valence-corrected chi connectivity index (χ0v) is 12.4. The fourth-order valence-electron chi connectivity index (χ4n) is 4.16. The average molecular weight is 265 g/mol. The van der Waals surface area contributed by atoms with Crippen LogP contribution in [0.2, 0.25) is 0 Å². The third kappa shape index (κ3) is 4.17. The minimum absolute atomic E-state index is 0.958. The molecule has 0 spiro atoms. The van der Waals surface area contributed by atoms with Gasteiger partial charge in [0.1, 0.15) is 0 Å². The van der Waals surface area contributed by atoms with Crippen LogP contribution < -0.4 is 5.32 Å². The van der Waals surface area contributed by atoms with Crippen molar-refractivity contribution in [3.63, 3.8) is 0 Å². The Morgan fingerprint density at radius 1 is 0.737 bits per heavy atom. The maximum absolute atomic E-state index is 3.48. The van der Waals surface area contributed by atoms with Gasteiger partial charge in [-0.05, 0) is 76.7 Å². The summed E-state index contributed by atoms with van der Waals surface area (Å²) in [4.78, 5) is 5.48. The number of nitrogens with one attached hydrogen (secondary N) is 1. The molecule has 0 aromatic rings. The fourth-order valence-corrected chi connectivity index (χ4v) is 4.16. The lowest BCUT2D eigenvalue weighted by atomic mass is 9.98. The van der Waals surface area contributed by atoms with Gasteiger partial charge in [-0.15, -0.1) is 0 Å². The average Bonchev–Trinajstić information content (AvgIpc) is 2.88. The van der Waals surface area contributed by atoms with E-state index in [-0.39, 0.29) is 0 Å². The van der Waals surface area contributed by atoms with Crippen LogP contribution in [0.3, 0.4) is 0 Å². The van der Waals surface area contributed by atoms with E-state index >= 15 is 0 Å². The van der Waals surface area contributed by atoms with Crippen LogP contribution in [0.4, 0.5) is 0 Å². The Kier molecular flexibility index (Phi) is 5.14. The molecule has 3 heteroatoms. The second kappa shape index (κ2) is 7.05. The van der Waals surface area contributed by atoms with Gasteiger partial charge in [0.15, 0.2) is 0 Å². The van der Waals surface area contributed by atoms with Crippen molar-refractivity contribution < 1.29 is 0 Å². The smallest absolute Gasteiger partial charge is 0.00225 e. The lowest BCUT2D eigenvalue weighted by Gasteiger charge is -2.30. The maximum Gasteiger partial charge on any atom is 0.00225 e. The predicted molar refractivity (Wildman–Crippen MR) is 80.4 cm³/mol. The molecule has 0 bridgehead atoms. The van der Waals surface area contributed by atoms with Gasteiger partial charge in [0.2, 0.25) is 0 Å². The van der Waals surface area contributed by atoms with Gasteiger partial charge >= 0.3 is 0 Å². The SMILES string of the molecule is C1CCN(CC2CCN(CC3CCNCC3)C2)CC1. The number of hydrogen-bond donors (Lipinski definition) is 1. The topological polar surface area (TPSA) is 18.5 Å². The molecule has 0 amide bonds. The first kappa shape index (κ1) is 13.8. The van der Waals surface area contributed by atoms with Crippen LogP contribution in [0.25, 0.3) is 0 Å². The highest BCUT2D eigenvalue weighted by Crippen LogP contribution is 2.22. The molecule has 0 aliphatic carbocycles. The van der Waals surface area contributed by atoms with E-state index in [0.29, 0.717) is 0 Å². The molecule has 3 heterocycles. The van der Waals surface area contributed by atoms with Gasteiger partial charge in [-0.3, -0.25) is 0 Å². The molecule has 0 radical (unpaired) electrons. The summed E-state index contributed by atoms with van der Waals surface area (Å²) in [6.07, 6.45) is 8.57. The maximum atomic E-state index is 3.48. The second-order valence-corrected chi connectivity index (χ2v) is 6.97. The van der Waals surface area contributed by atoms with Crippen molar-refractivity contribution in [2.45, 2.75) is 38.5 Å². The zero-order valence-electron chi connectivity index (χ0n) is 12.4. The molecule has 0 aromatic carbocycles. The summed E-state index contributed by atoms with van der Waals surface area (Å²) >= 11 is 0. The second-order valence-electron chi connectivity index (χ2n) is 6.97. The molecule has 110 valence electrons. The van der Waals surface area contributed by atoms with E-state index in [2.05, 4.69) is 15.1 Å². The van der Waals surface area contributed by atoms with Crippen LogP contribution in [0.1, 0.15) is 38.5 Å². The van der Waals surface area contributed by atoms with Gasteiger partial charge in [-0.2, -0.15) is 0 Å². The number of nitrogens with zero attached hydrogens (tertiary/aromatic N) is 2. The first-order valence-corrected chi connectivity index (χ1v) is 8.55. The van der Waals surface area contributed by atoms with Crippen LogP contribution in [0.5, 0.6) is 0 Å². The van der Waals surface area contributed by atoms with E-state index in [4.69, 9.17) is 0 Å². The van der Waals surface area contributed by atoms with E-state index in [1.807, 2.05) is 0 Å². The first-order valence-electron chi connectivity index (χ1n) is 8.55. The van der Waals surface area contributed by atoms with Crippen molar-refractivity contribution in [1.82, 2.24) is 15.1 Å². The van der Waals surface area contributed by atoms with Gasteiger partial charge in [0.05, 0.1) is 0 Å². The number of hydrogen-bond acceptors (Lipinski definition) is 3. The molecule has 1 atom stereocenters. The van der Waals surface area contributed by atoms with Crippen molar-refractivity contribution in [3.8, 4) is 0 Å². The molecule has 1 unspecified atom stereocenters. The highest BCUT2D eigenvalue weighted by Gasteiger charge is 2.27. The van der Waals surface area contributed by atoms with Crippen molar-refractivity contribution >= 4 is 0 Å². The fraction of sp³-hybridized carbons (Fsp3) is 1.00. The predicted octanol–water partition coefficient (Wildman–Crippen LogP) is 1.79. The Bertz CT molecular complexity index is 231. The van der Waals surface area contributed by atoms with Crippen molar-refractivity contribution in [2.75, 3.05) is 52.4 Å². The number of likely N-dealkylation sites (tertiary alicyclic amines) is 2. The highest BCUT2D eigenvalue weighted by atomic mass is 15.2. The molecule has 19 heavy (non-hydrogen) atoms. The van der Waals surface area contributed by atoms with E-state index in [1.165, 1.54) is 90.9 Å². The summed E-state index contributed by atoms with van der Waals surface area (Å²) in [5.74, 6) is 1.93. The molecule has 3 saturated heterocycles. The van der Waals surface area contributed by atoms with Gasteiger partial charge in [-0.1, -0.05) is 6.42 Å². The van der Waals surface area contributed by atoms with Gasteiger partial charge < -0.3 is 15.1 Å². The molecular weight excluding hydrogens is 234 g/mol. The number of piperidine rings is 2. The van der Waals surface area contributed by atoms with Crippen LogP contribution in [-0.2, 0) is 0 Å². The third-order valence-electron chi connectivity index (χ3n) is 5.31. The summed E-state index contributed by atoms with van der Waals surface area (Å²) in [5.41, 5.74) is 0. The first-order chi connectivity index (χ1) is 9.40. The van der Waals surface area contributed by atoms with Crippen LogP contribution in [0.15, 0.2) is 0 Å². The minimum atomic E-state index is 0.958. The van der Waals surface area contributed by atoms with Crippen molar-refractivity contribution in [3.05, 3.63) is 0 Å². The summed E-state index contributed by atoms with van der Waals surface area (Å²) < 4.78 is 0. The van der Waals surface area contributed by atoms with E-state index in [9.17, 15) is 0 Å². The molecule has 0 saturated carbocycles. The molecule has 3 fully saturated rings. The molecule has 1 N–H and O–H groups in total. The molecule has 3 rings (SSSR count). The summed E-state index contributed by atoms with van der Waals surface area (Å²) in [6.45, 7) is 10.7. The highest BCUT2D eigenvalue weighted by molar-refractivity contribution is 4.82. The lowest BCUT2D eigenvalue weighted by molar-refractivity contribution is 0.186. The van der Waals surface area contributed by atoms with Crippen LogP contribution >= 0.6 is 0 Å². The Labute approximate surface area is 118 Å². The number of rotatable bonds is 4. The van der Waals surface area contributed by atoms with Crippen LogP contribution in [0, 0.1) is 11.8 Å². The molecule has 3 nitrogen and oxygen atoms in total. The van der Waals surface area contributed by atoms with E-state index in [0.717, 1.165) is 11.8 Å². The summed E-state index contributed by atoms with van der Waals surface area (Å²) in [7, 11) is 0.